The molecular weight excluding hydrogens is 390 g/mol. The van der Waals surface area contributed by atoms with Gasteiger partial charge >= 0.3 is 0 Å². The van der Waals surface area contributed by atoms with Crippen LogP contribution < -0.4 is 14.8 Å². The number of methoxy groups -OCH3 is 2. The highest BCUT2D eigenvalue weighted by Crippen LogP contribution is 2.33. The van der Waals surface area contributed by atoms with Crippen molar-refractivity contribution in [3.8, 4) is 11.5 Å². The van der Waals surface area contributed by atoms with Crippen LogP contribution in [-0.2, 0) is 11.3 Å². The van der Waals surface area contributed by atoms with Crippen molar-refractivity contribution in [2.24, 2.45) is 11.3 Å². The van der Waals surface area contributed by atoms with E-state index in [1.165, 1.54) is 0 Å². The zero-order valence-corrected chi connectivity index (χ0v) is 19.4. The van der Waals surface area contributed by atoms with Crippen molar-refractivity contribution in [3.63, 3.8) is 0 Å². The number of hydrogen-bond donors (Lipinski definition) is 1. The lowest BCUT2D eigenvalue weighted by atomic mass is 9.85. The first-order valence-electron chi connectivity index (χ1n) is 11.0. The second-order valence-corrected chi connectivity index (χ2v) is 9.25. The van der Waals surface area contributed by atoms with Crippen LogP contribution in [0.5, 0.6) is 11.5 Å². The number of benzene rings is 1. The second-order valence-electron chi connectivity index (χ2n) is 9.25. The number of aromatic nitrogens is 1. The molecule has 0 bridgehead atoms. The Morgan fingerprint density at radius 1 is 1.16 bits per heavy atom. The third-order valence-electron chi connectivity index (χ3n) is 5.96. The van der Waals surface area contributed by atoms with Gasteiger partial charge < -0.3 is 14.8 Å². The fraction of sp³-hybridized carbons (Fsp3) is 0.520. The molecule has 31 heavy (non-hydrogen) atoms. The van der Waals surface area contributed by atoms with Crippen molar-refractivity contribution in [2.45, 2.75) is 46.2 Å². The molecule has 1 unspecified atom stereocenters. The van der Waals surface area contributed by atoms with Crippen molar-refractivity contribution in [3.05, 3.63) is 53.9 Å². The van der Waals surface area contributed by atoms with Gasteiger partial charge in [-0.25, -0.2) is 0 Å². The van der Waals surface area contributed by atoms with E-state index in [0.29, 0.717) is 5.92 Å². The number of pyridine rings is 1. The summed E-state index contributed by atoms with van der Waals surface area (Å²) >= 11 is 0. The monoisotopic (exact) mass is 425 g/mol. The predicted molar refractivity (Wildman–Crippen MR) is 122 cm³/mol. The molecule has 0 aliphatic carbocycles. The van der Waals surface area contributed by atoms with E-state index in [1.54, 1.807) is 20.4 Å². The zero-order chi connectivity index (χ0) is 22.4. The number of ether oxygens (including phenoxy) is 2. The number of nitrogens with zero attached hydrogens (tertiary/aromatic N) is 2. The molecule has 0 saturated carbocycles. The molecule has 1 aromatic heterocycles. The van der Waals surface area contributed by atoms with Crippen molar-refractivity contribution in [1.29, 1.82) is 0 Å². The van der Waals surface area contributed by atoms with Crippen LogP contribution in [-0.4, -0.2) is 43.1 Å². The highest BCUT2D eigenvalue weighted by Gasteiger charge is 2.32. The number of piperidine rings is 1. The smallest absolute Gasteiger partial charge is 0.225 e. The van der Waals surface area contributed by atoms with E-state index in [1.807, 2.05) is 57.2 Å². The Bertz CT molecular complexity index is 856. The standard InChI is InChI=1S/C25H35N3O3/c1-25(2,3)24(29)27-23(21-8-6-7-13-26-21)18-11-14-28(15-12-18)17-19-16-20(30-4)9-10-22(19)31-5/h6-10,13,16,18,23H,11-12,14-15,17H2,1-5H3,(H,27,29). The molecule has 1 N–H and O–H groups in total. The van der Waals surface area contributed by atoms with Crippen LogP contribution in [0.15, 0.2) is 42.6 Å². The van der Waals surface area contributed by atoms with E-state index < -0.39 is 5.41 Å². The highest BCUT2D eigenvalue weighted by atomic mass is 16.5. The lowest BCUT2D eigenvalue weighted by Crippen LogP contribution is -2.44. The van der Waals surface area contributed by atoms with E-state index in [2.05, 4.69) is 15.2 Å². The summed E-state index contributed by atoms with van der Waals surface area (Å²) in [6.07, 6.45) is 3.80. The first-order chi connectivity index (χ1) is 14.8. The topological polar surface area (TPSA) is 63.7 Å². The maximum Gasteiger partial charge on any atom is 0.225 e. The first-order valence-corrected chi connectivity index (χ1v) is 11.0. The quantitative estimate of drug-likeness (QED) is 0.720. The van der Waals surface area contributed by atoms with Gasteiger partial charge in [0.05, 0.1) is 26.0 Å². The molecular formula is C25H35N3O3. The van der Waals surface area contributed by atoms with E-state index >= 15 is 0 Å². The molecule has 6 nitrogen and oxygen atoms in total. The Morgan fingerprint density at radius 3 is 2.48 bits per heavy atom. The maximum absolute atomic E-state index is 12.8. The van der Waals surface area contributed by atoms with Crippen LogP contribution in [0.3, 0.4) is 0 Å². The molecule has 2 heterocycles. The third kappa shape index (κ3) is 5.97. The molecule has 1 saturated heterocycles. The SMILES string of the molecule is COc1ccc(OC)c(CN2CCC(C(NC(=O)C(C)(C)C)c3ccccn3)CC2)c1. The van der Waals surface area contributed by atoms with Gasteiger partial charge in [-0.3, -0.25) is 14.7 Å². The molecule has 2 aromatic rings. The Balaban J connectivity index is 1.69. The molecule has 3 rings (SSSR count). The second kappa shape index (κ2) is 10.1. The van der Waals surface area contributed by atoms with Gasteiger partial charge in [0.15, 0.2) is 0 Å². The van der Waals surface area contributed by atoms with Gasteiger partial charge in [0.25, 0.3) is 0 Å². The Kier molecular flexibility index (Phi) is 7.55. The Morgan fingerprint density at radius 2 is 1.90 bits per heavy atom. The summed E-state index contributed by atoms with van der Waals surface area (Å²) in [7, 11) is 3.38. The van der Waals surface area contributed by atoms with Gasteiger partial charge in [0.1, 0.15) is 11.5 Å². The number of likely N-dealkylation sites (tertiary alicyclic amines) is 1. The molecule has 1 amide bonds. The van der Waals surface area contributed by atoms with Crippen LogP contribution in [0.25, 0.3) is 0 Å². The van der Waals surface area contributed by atoms with Crippen molar-refractivity contribution < 1.29 is 14.3 Å². The Hall–Kier alpha value is -2.60. The third-order valence-corrected chi connectivity index (χ3v) is 5.96. The first kappa shape index (κ1) is 23.1. The largest absolute Gasteiger partial charge is 0.497 e. The van der Waals surface area contributed by atoms with Gasteiger partial charge in [-0.2, -0.15) is 0 Å². The van der Waals surface area contributed by atoms with Crippen molar-refractivity contribution in [1.82, 2.24) is 15.2 Å². The normalized spacial score (nSPS) is 16.5. The summed E-state index contributed by atoms with van der Waals surface area (Å²) < 4.78 is 10.9. The number of hydrogen-bond acceptors (Lipinski definition) is 5. The number of carbonyl (C=O) groups excluding carboxylic acids is 1. The average molecular weight is 426 g/mol. The molecule has 1 aromatic carbocycles. The van der Waals surface area contributed by atoms with E-state index in [-0.39, 0.29) is 11.9 Å². The average Bonchev–Trinajstić information content (AvgIpc) is 2.78. The lowest BCUT2D eigenvalue weighted by molar-refractivity contribution is -0.129. The van der Waals surface area contributed by atoms with E-state index in [0.717, 1.165) is 55.2 Å². The summed E-state index contributed by atoms with van der Waals surface area (Å²) in [4.78, 5) is 19.8. The summed E-state index contributed by atoms with van der Waals surface area (Å²) in [6.45, 7) is 8.57. The van der Waals surface area contributed by atoms with Crippen LogP contribution >= 0.6 is 0 Å². The van der Waals surface area contributed by atoms with Crippen LogP contribution in [0, 0.1) is 11.3 Å². The maximum atomic E-state index is 12.8. The van der Waals surface area contributed by atoms with Gasteiger partial charge in [-0.15, -0.1) is 0 Å². The number of rotatable bonds is 7. The summed E-state index contributed by atoms with van der Waals surface area (Å²) in [5.41, 5.74) is 1.63. The fourth-order valence-corrected chi connectivity index (χ4v) is 4.04. The summed E-state index contributed by atoms with van der Waals surface area (Å²) in [6, 6.07) is 11.8. The van der Waals surface area contributed by atoms with Crippen LogP contribution in [0.4, 0.5) is 0 Å². The number of nitrogens with one attached hydrogen (secondary N) is 1. The molecule has 1 aliphatic rings. The minimum atomic E-state index is -0.434. The molecule has 0 radical (unpaired) electrons. The van der Waals surface area contributed by atoms with Gasteiger partial charge in [-0.05, 0) is 62.2 Å². The van der Waals surface area contributed by atoms with Crippen LogP contribution in [0.1, 0.15) is 50.9 Å². The lowest BCUT2D eigenvalue weighted by Gasteiger charge is -2.37. The highest BCUT2D eigenvalue weighted by molar-refractivity contribution is 5.81. The number of carbonyl (C=O) groups is 1. The zero-order valence-electron chi connectivity index (χ0n) is 19.4. The summed E-state index contributed by atoms with van der Waals surface area (Å²) in [5.74, 6) is 2.13. The molecule has 1 fully saturated rings. The van der Waals surface area contributed by atoms with Gasteiger partial charge in [0, 0.05) is 23.7 Å². The van der Waals surface area contributed by atoms with Crippen LogP contribution in [0.2, 0.25) is 0 Å². The minimum Gasteiger partial charge on any atom is -0.497 e. The molecule has 6 heteroatoms. The summed E-state index contributed by atoms with van der Waals surface area (Å²) in [5, 5.41) is 3.28. The predicted octanol–water partition coefficient (Wildman–Crippen LogP) is 4.21. The van der Waals surface area contributed by atoms with Gasteiger partial charge in [-0.1, -0.05) is 26.8 Å². The van der Waals surface area contributed by atoms with Crippen molar-refractivity contribution >= 4 is 5.91 Å². The number of amides is 1. The minimum absolute atomic E-state index is 0.0618. The molecule has 1 atom stereocenters. The van der Waals surface area contributed by atoms with E-state index in [9.17, 15) is 4.79 Å². The van der Waals surface area contributed by atoms with Crippen molar-refractivity contribution in [2.75, 3.05) is 27.3 Å². The molecule has 0 spiro atoms. The fourth-order valence-electron chi connectivity index (χ4n) is 4.04. The van der Waals surface area contributed by atoms with Gasteiger partial charge in [0.2, 0.25) is 5.91 Å². The Labute approximate surface area is 186 Å². The molecule has 1 aliphatic heterocycles. The molecule has 168 valence electrons. The van der Waals surface area contributed by atoms with E-state index in [4.69, 9.17) is 9.47 Å².